The van der Waals surface area contributed by atoms with Crippen LogP contribution in [0.1, 0.15) is 29.0 Å². The Bertz CT molecular complexity index is 577. The molecular weight excluding hydrogens is 256 g/mol. The van der Waals surface area contributed by atoms with Crippen LogP contribution in [0.4, 0.5) is 5.69 Å². The van der Waals surface area contributed by atoms with Crippen molar-refractivity contribution in [3.05, 3.63) is 65.2 Å². The molecule has 2 aromatic rings. The average Bonchev–Trinajstić information content (AvgIpc) is 2.55. The smallest absolute Gasteiger partial charge is 0.0375 e. The van der Waals surface area contributed by atoms with Gasteiger partial charge in [0, 0.05) is 24.7 Å². The number of anilines is 1. The Morgan fingerprint density at radius 2 is 2.00 bits per heavy atom. The Hall–Kier alpha value is -1.80. The lowest BCUT2D eigenvalue weighted by Crippen LogP contribution is -2.20. The van der Waals surface area contributed by atoms with Gasteiger partial charge in [0.2, 0.25) is 0 Å². The monoisotopic (exact) mass is 280 g/mol. The fourth-order valence-electron chi connectivity index (χ4n) is 3.19. The molecule has 0 aliphatic carbocycles. The zero-order valence-electron chi connectivity index (χ0n) is 12.7. The Balaban J connectivity index is 1.83. The van der Waals surface area contributed by atoms with Crippen LogP contribution in [-0.2, 0) is 12.8 Å². The molecule has 0 aromatic heterocycles. The number of hydrogen-bond donors (Lipinski definition) is 2. The van der Waals surface area contributed by atoms with Gasteiger partial charge in [0.05, 0.1) is 0 Å². The summed E-state index contributed by atoms with van der Waals surface area (Å²) in [5.41, 5.74) is 5.64. The number of benzene rings is 2. The second-order valence-corrected chi connectivity index (χ2v) is 5.89. The number of rotatable bonds is 5. The van der Waals surface area contributed by atoms with Gasteiger partial charge < -0.3 is 10.6 Å². The first kappa shape index (κ1) is 14.2. The highest BCUT2D eigenvalue weighted by molar-refractivity contribution is 5.55. The van der Waals surface area contributed by atoms with Crippen molar-refractivity contribution in [3.8, 4) is 0 Å². The van der Waals surface area contributed by atoms with E-state index in [0.717, 1.165) is 19.5 Å². The van der Waals surface area contributed by atoms with Gasteiger partial charge in [0.25, 0.3) is 0 Å². The van der Waals surface area contributed by atoms with Crippen molar-refractivity contribution in [2.45, 2.75) is 25.2 Å². The Kier molecular flexibility index (Phi) is 4.56. The predicted molar refractivity (Wildman–Crippen MR) is 90.1 cm³/mol. The third-order valence-electron chi connectivity index (χ3n) is 4.32. The van der Waals surface area contributed by atoms with Gasteiger partial charge in [-0.2, -0.15) is 0 Å². The second kappa shape index (κ2) is 6.77. The van der Waals surface area contributed by atoms with Crippen molar-refractivity contribution in [3.63, 3.8) is 0 Å². The molecule has 21 heavy (non-hydrogen) atoms. The summed E-state index contributed by atoms with van der Waals surface area (Å²) in [6.07, 6.45) is 3.54. The first-order valence-corrected chi connectivity index (χ1v) is 7.92. The van der Waals surface area contributed by atoms with Gasteiger partial charge in [0.1, 0.15) is 0 Å². The van der Waals surface area contributed by atoms with E-state index in [4.69, 9.17) is 0 Å². The Labute approximate surface area is 127 Å². The zero-order valence-corrected chi connectivity index (χ0v) is 12.7. The topological polar surface area (TPSA) is 24.1 Å². The van der Waals surface area contributed by atoms with Crippen LogP contribution in [0.2, 0.25) is 0 Å². The molecule has 0 radical (unpaired) electrons. The fourth-order valence-corrected chi connectivity index (χ4v) is 3.19. The van der Waals surface area contributed by atoms with Gasteiger partial charge in [-0.25, -0.2) is 0 Å². The van der Waals surface area contributed by atoms with E-state index in [-0.39, 0.29) is 0 Å². The molecule has 0 fully saturated rings. The van der Waals surface area contributed by atoms with E-state index in [9.17, 15) is 0 Å². The summed E-state index contributed by atoms with van der Waals surface area (Å²) in [6.45, 7) is 2.11. The first-order valence-electron chi connectivity index (χ1n) is 7.92. The second-order valence-electron chi connectivity index (χ2n) is 5.89. The van der Waals surface area contributed by atoms with Gasteiger partial charge in [-0.3, -0.25) is 0 Å². The van der Waals surface area contributed by atoms with Gasteiger partial charge in [-0.1, -0.05) is 42.5 Å². The average molecular weight is 280 g/mol. The minimum atomic E-state index is 0.520. The SMILES string of the molecule is CNCC(Cc1ccccc1)c1ccc2c(c1)NCCC2. The highest BCUT2D eigenvalue weighted by atomic mass is 14.9. The van der Waals surface area contributed by atoms with Crippen LogP contribution < -0.4 is 10.6 Å². The molecule has 0 saturated heterocycles. The van der Waals surface area contributed by atoms with Crippen LogP contribution in [0.15, 0.2) is 48.5 Å². The normalized spacial score (nSPS) is 15.1. The molecule has 2 aromatic carbocycles. The van der Waals surface area contributed by atoms with Crippen molar-refractivity contribution in [2.24, 2.45) is 0 Å². The van der Waals surface area contributed by atoms with E-state index >= 15 is 0 Å². The van der Waals surface area contributed by atoms with Crippen LogP contribution in [0, 0.1) is 0 Å². The summed E-state index contributed by atoms with van der Waals surface area (Å²) in [6, 6.07) is 17.8. The minimum Gasteiger partial charge on any atom is -0.385 e. The van der Waals surface area contributed by atoms with Crippen LogP contribution in [-0.4, -0.2) is 20.1 Å². The Morgan fingerprint density at radius 3 is 2.81 bits per heavy atom. The number of likely N-dealkylation sites (N-methyl/N-ethyl adjacent to an activating group) is 1. The molecule has 1 aliphatic rings. The first-order chi connectivity index (χ1) is 10.4. The number of nitrogens with one attached hydrogen (secondary N) is 2. The van der Waals surface area contributed by atoms with Gasteiger partial charge in [0.15, 0.2) is 0 Å². The van der Waals surface area contributed by atoms with Crippen molar-refractivity contribution in [1.29, 1.82) is 0 Å². The van der Waals surface area contributed by atoms with Crippen LogP contribution >= 0.6 is 0 Å². The summed E-state index contributed by atoms with van der Waals surface area (Å²) in [4.78, 5) is 0. The number of fused-ring (bicyclic) bond motifs is 1. The zero-order chi connectivity index (χ0) is 14.5. The summed E-state index contributed by atoms with van der Waals surface area (Å²) in [5, 5.41) is 6.89. The minimum absolute atomic E-state index is 0.520. The van der Waals surface area contributed by atoms with E-state index in [1.807, 2.05) is 7.05 Å². The molecule has 0 amide bonds. The largest absolute Gasteiger partial charge is 0.385 e. The molecule has 110 valence electrons. The number of aryl methyl sites for hydroxylation is 1. The number of hydrogen-bond acceptors (Lipinski definition) is 2. The molecule has 0 spiro atoms. The molecule has 1 unspecified atom stereocenters. The third kappa shape index (κ3) is 3.45. The molecule has 1 atom stereocenters. The summed E-state index contributed by atoms with van der Waals surface area (Å²) in [7, 11) is 2.04. The Morgan fingerprint density at radius 1 is 1.14 bits per heavy atom. The molecular formula is C19H24N2. The van der Waals surface area contributed by atoms with E-state index in [1.165, 1.54) is 35.2 Å². The van der Waals surface area contributed by atoms with Crippen molar-refractivity contribution in [1.82, 2.24) is 5.32 Å². The predicted octanol–water partition coefficient (Wildman–Crippen LogP) is 3.59. The lowest BCUT2D eigenvalue weighted by molar-refractivity contribution is 0.625. The molecule has 3 rings (SSSR count). The van der Waals surface area contributed by atoms with Crippen LogP contribution in [0.25, 0.3) is 0 Å². The molecule has 1 aliphatic heterocycles. The molecule has 0 saturated carbocycles. The van der Waals surface area contributed by atoms with Crippen molar-refractivity contribution in [2.75, 3.05) is 25.5 Å². The maximum atomic E-state index is 3.54. The molecule has 0 bridgehead atoms. The standard InChI is InChI=1S/C19H24N2/c1-20-14-18(12-15-6-3-2-4-7-15)17-10-9-16-8-5-11-21-19(16)13-17/h2-4,6-7,9-10,13,18,20-21H,5,8,11-12,14H2,1H3. The third-order valence-corrected chi connectivity index (χ3v) is 4.32. The van der Waals surface area contributed by atoms with E-state index in [0.29, 0.717) is 5.92 Å². The van der Waals surface area contributed by atoms with Crippen LogP contribution in [0.5, 0.6) is 0 Å². The highest BCUT2D eigenvalue weighted by Gasteiger charge is 2.15. The van der Waals surface area contributed by atoms with E-state index in [1.54, 1.807) is 0 Å². The molecule has 2 heteroatoms. The molecule has 1 heterocycles. The van der Waals surface area contributed by atoms with E-state index < -0.39 is 0 Å². The highest BCUT2D eigenvalue weighted by Crippen LogP contribution is 2.28. The van der Waals surface area contributed by atoms with Gasteiger partial charge in [-0.15, -0.1) is 0 Å². The van der Waals surface area contributed by atoms with E-state index in [2.05, 4.69) is 59.2 Å². The maximum absolute atomic E-state index is 3.54. The molecule has 2 nitrogen and oxygen atoms in total. The molecule has 2 N–H and O–H groups in total. The lowest BCUT2D eigenvalue weighted by Gasteiger charge is -2.22. The summed E-state index contributed by atoms with van der Waals surface area (Å²) in [5.74, 6) is 0.520. The fraction of sp³-hybridized carbons (Fsp3) is 0.368. The summed E-state index contributed by atoms with van der Waals surface area (Å²) < 4.78 is 0. The summed E-state index contributed by atoms with van der Waals surface area (Å²) >= 11 is 0. The maximum Gasteiger partial charge on any atom is 0.0375 e. The van der Waals surface area contributed by atoms with Crippen molar-refractivity contribution < 1.29 is 0 Å². The van der Waals surface area contributed by atoms with Gasteiger partial charge >= 0.3 is 0 Å². The quantitative estimate of drug-likeness (QED) is 0.874. The van der Waals surface area contributed by atoms with Gasteiger partial charge in [-0.05, 0) is 49.1 Å². The lowest BCUT2D eigenvalue weighted by atomic mass is 9.89. The van der Waals surface area contributed by atoms with Crippen LogP contribution in [0.3, 0.4) is 0 Å². The van der Waals surface area contributed by atoms with Crippen molar-refractivity contribution >= 4 is 5.69 Å².